The van der Waals surface area contributed by atoms with Gasteiger partial charge in [0, 0.05) is 9.29 Å². The molecule has 1 rings (SSSR count). The first-order valence-electron chi connectivity index (χ1n) is 4.82. The van der Waals surface area contributed by atoms with Crippen molar-refractivity contribution in [1.82, 2.24) is 0 Å². The summed E-state index contributed by atoms with van der Waals surface area (Å²) in [6.07, 6.45) is -0.582. The van der Waals surface area contributed by atoms with Crippen LogP contribution in [0.1, 0.15) is 6.85 Å². The fourth-order valence-electron chi connectivity index (χ4n) is 0.0641. The Morgan fingerprint density at radius 3 is 2.60 bits per heavy atom. The molecular formula is C6H13Cl2NO. The topological polar surface area (TPSA) is 38.5 Å². The highest BCUT2D eigenvalue weighted by Gasteiger charge is 2.19. The van der Waals surface area contributed by atoms with Gasteiger partial charge < -0.3 is 10.5 Å². The summed E-state index contributed by atoms with van der Waals surface area (Å²) in [5, 5.41) is 0. The Morgan fingerprint density at radius 2 is 2.60 bits per heavy atom. The SMILES string of the molecule is C=CCN.Cl.[2H]C([2H])(Cl)C1([2H])OC1([2H])[2H]. The van der Waals surface area contributed by atoms with Crippen molar-refractivity contribution in [1.29, 1.82) is 0 Å². The predicted octanol–water partition coefficient (Wildman–Crippen LogP) is 1.18. The molecule has 0 saturated carbocycles. The third kappa shape index (κ3) is 11.1. The van der Waals surface area contributed by atoms with Crippen molar-refractivity contribution in [2.45, 2.75) is 6.08 Å². The molecule has 2 N–H and O–H groups in total. The Labute approximate surface area is 79.8 Å². The maximum absolute atomic E-state index is 6.99. The van der Waals surface area contributed by atoms with Gasteiger partial charge >= 0.3 is 0 Å². The van der Waals surface area contributed by atoms with Crippen molar-refractivity contribution in [3.8, 4) is 0 Å². The van der Waals surface area contributed by atoms with Crippen LogP contribution in [0.3, 0.4) is 0 Å². The zero-order valence-corrected chi connectivity index (χ0v) is 6.84. The molecule has 4 heteroatoms. The lowest BCUT2D eigenvalue weighted by molar-refractivity contribution is 0.425. The molecule has 0 radical (unpaired) electrons. The molecule has 0 amide bonds. The summed E-state index contributed by atoms with van der Waals surface area (Å²) >= 11 is 5.04. The fourth-order valence-corrected chi connectivity index (χ4v) is 0.141. The molecule has 0 bridgehead atoms. The average Bonchev–Trinajstić information content (AvgIpc) is 2.52. The van der Waals surface area contributed by atoms with Crippen LogP contribution in [0, 0.1) is 0 Å². The Balaban J connectivity index is 0. The highest BCUT2D eigenvalue weighted by atomic mass is 35.5. The molecule has 1 fully saturated rings. The van der Waals surface area contributed by atoms with Crippen molar-refractivity contribution in [2.24, 2.45) is 5.73 Å². The number of ether oxygens (including phenoxy) is 1. The van der Waals surface area contributed by atoms with Crippen molar-refractivity contribution in [3.63, 3.8) is 0 Å². The third-order valence-corrected chi connectivity index (χ3v) is 0.628. The van der Waals surface area contributed by atoms with E-state index in [0.29, 0.717) is 6.54 Å². The van der Waals surface area contributed by atoms with E-state index in [-0.39, 0.29) is 12.4 Å². The number of halogens is 2. The molecule has 1 unspecified atom stereocenters. The molecule has 0 aliphatic carbocycles. The summed E-state index contributed by atoms with van der Waals surface area (Å²) in [6.45, 7) is 1.69. The summed E-state index contributed by atoms with van der Waals surface area (Å²) in [5.74, 6) is -2.48. The van der Waals surface area contributed by atoms with Crippen LogP contribution in [0.5, 0.6) is 0 Å². The van der Waals surface area contributed by atoms with Gasteiger partial charge in [-0.1, -0.05) is 6.08 Å². The van der Waals surface area contributed by atoms with Crippen LogP contribution >= 0.6 is 24.0 Å². The molecule has 1 aliphatic rings. The Bertz CT molecular complexity index is 222. The summed E-state index contributed by atoms with van der Waals surface area (Å²) in [4.78, 5) is 0. The molecule has 62 valence electrons. The minimum Gasteiger partial charge on any atom is -0.372 e. The Morgan fingerprint density at radius 1 is 2.20 bits per heavy atom. The lowest BCUT2D eigenvalue weighted by Gasteiger charge is -1.67. The van der Waals surface area contributed by atoms with E-state index in [1.165, 1.54) is 0 Å². The summed E-state index contributed by atoms with van der Waals surface area (Å²) in [5.41, 5.74) is 4.91. The Kier molecular flexibility index (Phi) is 4.61. The second-order valence-corrected chi connectivity index (χ2v) is 1.34. The first kappa shape index (κ1) is 4.99. The highest BCUT2D eigenvalue weighted by molar-refractivity contribution is 6.18. The van der Waals surface area contributed by atoms with Gasteiger partial charge in [0.1, 0.15) is 0 Å². The maximum atomic E-state index is 6.99. The summed E-state index contributed by atoms with van der Waals surface area (Å²) in [7, 11) is 0. The number of hydrogen-bond donors (Lipinski definition) is 1. The van der Waals surface area contributed by atoms with Crippen LogP contribution in [-0.4, -0.2) is 25.0 Å². The zero-order valence-electron chi connectivity index (χ0n) is 10.3. The predicted molar refractivity (Wildman–Crippen MR) is 47.0 cm³/mol. The van der Waals surface area contributed by atoms with Crippen LogP contribution in [0.15, 0.2) is 12.7 Å². The van der Waals surface area contributed by atoms with E-state index in [9.17, 15) is 0 Å². The normalized spacial score (nSPS) is 40.8. The average molecular weight is 191 g/mol. The van der Waals surface area contributed by atoms with Gasteiger partial charge in [-0.15, -0.1) is 30.6 Å². The first-order chi connectivity index (χ1) is 6.12. The molecule has 1 atom stereocenters. The highest BCUT2D eigenvalue weighted by Crippen LogP contribution is 2.08. The van der Waals surface area contributed by atoms with Crippen LogP contribution in [0.25, 0.3) is 0 Å². The van der Waals surface area contributed by atoms with Crippen molar-refractivity contribution >= 4 is 24.0 Å². The van der Waals surface area contributed by atoms with Crippen molar-refractivity contribution in [3.05, 3.63) is 12.7 Å². The van der Waals surface area contributed by atoms with E-state index in [2.05, 4.69) is 11.3 Å². The van der Waals surface area contributed by atoms with Crippen LogP contribution in [0.4, 0.5) is 0 Å². The standard InChI is InChI=1S/C3H5ClO.C3H7N.ClH/c4-1-3-2-5-3;1-2-3-4;/h3H,1-2H2;2H,1,3-4H2;1H/i1D2,2D2,3D;;. The van der Waals surface area contributed by atoms with Gasteiger partial charge in [0.15, 0.2) is 0 Å². The van der Waals surface area contributed by atoms with Gasteiger partial charge in [0.25, 0.3) is 0 Å². The molecule has 0 aromatic carbocycles. The number of epoxide rings is 1. The van der Waals surface area contributed by atoms with Crippen LogP contribution in [-0.2, 0) is 4.74 Å². The molecule has 0 aromatic rings. The lowest BCUT2D eigenvalue weighted by atomic mass is 10.6. The van der Waals surface area contributed by atoms with E-state index in [4.69, 9.17) is 24.2 Å². The van der Waals surface area contributed by atoms with Gasteiger partial charge in [-0.3, -0.25) is 0 Å². The third-order valence-electron chi connectivity index (χ3n) is 0.457. The monoisotopic (exact) mass is 190 g/mol. The number of rotatable bonds is 2. The van der Waals surface area contributed by atoms with Gasteiger partial charge in [-0.25, -0.2) is 0 Å². The minimum atomic E-state index is -2.48. The first-order valence-corrected chi connectivity index (χ1v) is 2.70. The fraction of sp³-hybridized carbons (Fsp3) is 0.667. The van der Waals surface area contributed by atoms with E-state index in [0.717, 1.165) is 0 Å². The number of alkyl halides is 1. The van der Waals surface area contributed by atoms with Gasteiger partial charge in [0.2, 0.25) is 0 Å². The van der Waals surface area contributed by atoms with E-state index >= 15 is 0 Å². The smallest absolute Gasteiger partial charge is 0.0944 e. The molecule has 10 heavy (non-hydrogen) atoms. The second-order valence-electron chi connectivity index (χ2n) is 1.15. The molecule has 1 heterocycles. The molecule has 0 aromatic heterocycles. The number of hydrogen-bond acceptors (Lipinski definition) is 2. The van der Waals surface area contributed by atoms with E-state index in [1.54, 1.807) is 6.08 Å². The minimum absolute atomic E-state index is 0. The largest absolute Gasteiger partial charge is 0.372 e. The van der Waals surface area contributed by atoms with Gasteiger partial charge in [-0.05, 0) is 0 Å². The lowest BCUT2D eigenvalue weighted by Crippen LogP contribution is -1.90. The van der Waals surface area contributed by atoms with Gasteiger partial charge in [0.05, 0.1) is 22.6 Å². The molecule has 1 aliphatic heterocycles. The summed E-state index contributed by atoms with van der Waals surface area (Å²) < 4.78 is 38.3. The van der Waals surface area contributed by atoms with Crippen LogP contribution < -0.4 is 5.73 Å². The second kappa shape index (κ2) is 9.24. The van der Waals surface area contributed by atoms with E-state index in [1.807, 2.05) is 0 Å². The zero-order chi connectivity index (χ0) is 11.6. The molecule has 1 saturated heterocycles. The van der Waals surface area contributed by atoms with E-state index < -0.39 is 18.5 Å². The quantitative estimate of drug-likeness (QED) is 0.404. The molecular weight excluding hydrogens is 173 g/mol. The Hall–Kier alpha value is 0.240. The van der Waals surface area contributed by atoms with Crippen molar-refractivity contribution in [2.75, 3.05) is 18.9 Å². The maximum Gasteiger partial charge on any atom is 0.0944 e. The number of nitrogens with two attached hydrogens (primary N) is 1. The molecule has 0 spiro atoms. The van der Waals surface area contributed by atoms with Crippen LogP contribution in [0.2, 0.25) is 0 Å². The van der Waals surface area contributed by atoms with Crippen molar-refractivity contribution < 1.29 is 11.6 Å². The summed E-state index contributed by atoms with van der Waals surface area (Å²) in [6, 6.07) is 0. The molecule has 2 nitrogen and oxygen atoms in total. The van der Waals surface area contributed by atoms with Gasteiger partial charge in [-0.2, -0.15) is 0 Å².